The zero-order chi connectivity index (χ0) is 11.5. The van der Waals surface area contributed by atoms with Crippen LogP contribution in [0.1, 0.15) is 39.0 Å². The van der Waals surface area contributed by atoms with Gasteiger partial charge < -0.3 is 5.11 Å². The van der Waals surface area contributed by atoms with E-state index in [1.54, 1.807) is 0 Å². The molecule has 0 spiro atoms. The second-order valence-electron chi connectivity index (χ2n) is 4.95. The van der Waals surface area contributed by atoms with Gasteiger partial charge in [-0.1, -0.05) is 6.08 Å². The lowest BCUT2D eigenvalue weighted by atomic mass is 9.85. The molecule has 2 aliphatic rings. The van der Waals surface area contributed by atoms with Crippen molar-refractivity contribution < 1.29 is 9.90 Å². The number of rotatable bonds is 3. The fourth-order valence-electron chi connectivity index (χ4n) is 2.94. The monoisotopic (exact) mass is 223 g/mol. The average molecular weight is 223 g/mol. The Morgan fingerprint density at radius 1 is 1.44 bits per heavy atom. The van der Waals surface area contributed by atoms with Crippen LogP contribution in [0.2, 0.25) is 0 Å². The lowest BCUT2D eigenvalue weighted by molar-refractivity contribution is -0.140. The highest BCUT2D eigenvalue weighted by Gasteiger charge is 2.31. The number of nitrogens with zero attached hydrogens (tertiary/aromatic N) is 1. The van der Waals surface area contributed by atoms with Crippen LogP contribution in [0.3, 0.4) is 0 Å². The predicted octanol–water partition coefficient (Wildman–Crippen LogP) is 2.28. The highest BCUT2D eigenvalue weighted by molar-refractivity contribution is 5.73. The van der Waals surface area contributed by atoms with Crippen molar-refractivity contribution in [1.29, 1.82) is 0 Å². The molecule has 0 aromatic rings. The van der Waals surface area contributed by atoms with Crippen LogP contribution in [0.4, 0.5) is 0 Å². The largest absolute Gasteiger partial charge is 0.481 e. The van der Waals surface area contributed by atoms with Crippen LogP contribution in [0, 0.1) is 5.92 Å². The Labute approximate surface area is 97.1 Å². The van der Waals surface area contributed by atoms with Gasteiger partial charge in [-0.2, -0.15) is 0 Å². The molecule has 0 saturated carbocycles. The molecule has 1 fully saturated rings. The lowest BCUT2D eigenvalue weighted by Crippen LogP contribution is -2.38. The molecule has 90 valence electrons. The molecule has 0 aromatic heterocycles. The molecule has 1 aliphatic heterocycles. The maximum absolute atomic E-state index is 11.1. The van der Waals surface area contributed by atoms with Crippen LogP contribution in [-0.4, -0.2) is 35.1 Å². The van der Waals surface area contributed by atoms with Gasteiger partial charge >= 0.3 is 5.97 Å². The number of hydrogen-bond acceptors (Lipinski definition) is 2. The fraction of sp³-hybridized carbons (Fsp3) is 0.769. The van der Waals surface area contributed by atoms with Crippen LogP contribution in [0.5, 0.6) is 0 Å². The SMILES string of the molecule is CC(C(=O)O)C1=CCCCC1N1CCCC1. The third-order valence-corrected chi connectivity index (χ3v) is 3.90. The summed E-state index contributed by atoms with van der Waals surface area (Å²) >= 11 is 0. The Hall–Kier alpha value is -0.830. The summed E-state index contributed by atoms with van der Waals surface area (Å²) in [6.45, 7) is 4.12. The van der Waals surface area contributed by atoms with Gasteiger partial charge in [0.1, 0.15) is 0 Å². The average Bonchev–Trinajstić information content (AvgIpc) is 2.81. The Morgan fingerprint density at radius 3 is 2.75 bits per heavy atom. The fourth-order valence-corrected chi connectivity index (χ4v) is 2.94. The summed E-state index contributed by atoms with van der Waals surface area (Å²) in [6.07, 6.45) is 8.11. The molecule has 1 N–H and O–H groups in total. The van der Waals surface area contributed by atoms with Gasteiger partial charge in [-0.3, -0.25) is 9.69 Å². The van der Waals surface area contributed by atoms with Gasteiger partial charge in [0.15, 0.2) is 0 Å². The van der Waals surface area contributed by atoms with Gasteiger partial charge in [-0.15, -0.1) is 0 Å². The molecule has 1 heterocycles. The highest BCUT2D eigenvalue weighted by Crippen LogP contribution is 2.30. The number of carbonyl (C=O) groups is 1. The standard InChI is InChI=1S/C13H21NO2/c1-10(13(15)16)11-6-2-3-7-12(11)14-8-4-5-9-14/h6,10,12H,2-5,7-9H2,1H3,(H,15,16). The Morgan fingerprint density at radius 2 is 2.12 bits per heavy atom. The summed E-state index contributed by atoms with van der Waals surface area (Å²) in [5, 5.41) is 9.14. The molecular weight excluding hydrogens is 202 g/mol. The van der Waals surface area contributed by atoms with E-state index in [1.807, 2.05) is 6.92 Å². The first-order valence-electron chi connectivity index (χ1n) is 6.37. The number of allylic oxidation sites excluding steroid dienone is 1. The lowest BCUT2D eigenvalue weighted by Gasteiger charge is -2.34. The Kier molecular flexibility index (Phi) is 3.64. The molecule has 0 aromatic carbocycles. The van der Waals surface area contributed by atoms with Crippen molar-refractivity contribution in [3.05, 3.63) is 11.6 Å². The molecule has 0 amide bonds. The topological polar surface area (TPSA) is 40.5 Å². The first-order valence-corrected chi connectivity index (χ1v) is 6.37. The van der Waals surface area contributed by atoms with Crippen LogP contribution < -0.4 is 0 Å². The maximum Gasteiger partial charge on any atom is 0.310 e. The van der Waals surface area contributed by atoms with Gasteiger partial charge in [0.25, 0.3) is 0 Å². The predicted molar refractivity (Wildman–Crippen MR) is 63.3 cm³/mol. The second-order valence-corrected chi connectivity index (χ2v) is 4.95. The van der Waals surface area contributed by atoms with Crippen LogP contribution >= 0.6 is 0 Å². The van der Waals surface area contributed by atoms with E-state index in [0.29, 0.717) is 6.04 Å². The number of carboxylic acids is 1. The number of aliphatic carboxylic acids is 1. The maximum atomic E-state index is 11.1. The highest BCUT2D eigenvalue weighted by atomic mass is 16.4. The zero-order valence-electron chi connectivity index (χ0n) is 9.98. The Bertz CT molecular complexity index is 292. The molecule has 3 nitrogen and oxygen atoms in total. The van der Waals surface area contributed by atoms with Crippen molar-refractivity contribution in [2.75, 3.05) is 13.1 Å². The van der Waals surface area contributed by atoms with Crippen LogP contribution in [0.15, 0.2) is 11.6 Å². The van der Waals surface area contributed by atoms with Crippen molar-refractivity contribution >= 4 is 5.97 Å². The van der Waals surface area contributed by atoms with E-state index in [-0.39, 0.29) is 5.92 Å². The third-order valence-electron chi connectivity index (χ3n) is 3.90. The summed E-state index contributed by atoms with van der Waals surface area (Å²) in [4.78, 5) is 13.6. The van der Waals surface area contributed by atoms with Gasteiger partial charge in [-0.05, 0) is 57.7 Å². The summed E-state index contributed by atoms with van der Waals surface area (Å²) in [7, 11) is 0. The minimum absolute atomic E-state index is 0.314. The Balaban J connectivity index is 2.12. The molecule has 0 bridgehead atoms. The van der Waals surface area contributed by atoms with Gasteiger partial charge in [-0.25, -0.2) is 0 Å². The summed E-state index contributed by atoms with van der Waals surface area (Å²) in [5.41, 5.74) is 1.15. The third kappa shape index (κ3) is 2.29. The van der Waals surface area contributed by atoms with E-state index in [0.717, 1.165) is 31.5 Å². The van der Waals surface area contributed by atoms with Gasteiger partial charge in [0, 0.05) is 6.04 Å². The van der Waals surface area contributed by atoms with Crippen molar-refractivity contribution in [3.63, 3.8) is 0 Å². The molecule has 1 saturated heterocycles. The van der Waals surface area contributed by atoms with Crippen molar-refractivity contribution in [1.82, 2.24) is 4.90 Å². The zero-order valence-corrected chi connectivity index (χ0v) is 9.98. The molecule has 2 rings (SSSR count). The van der Waals surface area contributed by atoms with Crippen molar-refractivity contribution in [2.24, 2.45) is 5.92 Å². The molecule has 16 heavy (non-hydrogen) atoms. The first-order chi connectivity index (χ1) is 7.70. The van der Waals surface area contributed by atoms with Gasteiger partial charge in [0.05, 0.1) is 5.92 Å². The second kappa shape index (κ2) is 5.00. The van der Waals surface area contributed by atoms with Gasteiger partial charge in [0.2, 0.25) is 0 Å². The van der Waals surface area contributed by atoms with Crippen LogP contribution in [0.25, 0.3) is 0 Å². The van der Waals surface area contributed by atoms with E-state index in [9.17, 15) is 4.79 Å². The number of likely N-dealkylation sites (tertiary alicyclic amines) is 1. The number of carboxylic acid groups (broad SMARTS) is 1. The molecule has 1 aliphatic carbocycles. The number of hydrogen-bond donors (Lipinski definition) is 1. The minimum Gasteiger partial charge on any atom is -0.481 e. The van der Waals surface area contributed by atoms with E-state index in [4.69, 9.17) is 5.11 Å². The van der Waals surface area contributed by atoms with E-state index in [2.05, 4.69) is 11.0 Å². The quantitative estimate of drug-likeness (QED) is 0.746. The molecule has 2 atom stereocenters. The minimum atomic E-state index is -0.683. The van der Waals surface area contributed by atoms with Crippen molar-refractivity contribution in [3.8, 4) is 0 Å². The van der Waals surface area contributed by atoms with E-state index >= 15 is 0 Å². The van der Waals surface area contributed by atoms with Crippen molar-refractivity contribution in [2.45, 2.75) is 45.1 Å². The molecule has 0 radical (unpaired) electrons. The molecule has 2 unspecified atom stereocenters. The summed E-state index contributed by atoms with van der Waals surface area (Å²) < 4.78 is 0. The summed E-state index contributed by atoms with van der Waals surface area (Å²) in [6, 6.07) is 0.405. The van der Waals surface area contributed by atoms with E-state index in [1.165, 1.54) is 19.3 Å². The molecular formula is C13H21NO2. The summed E-state index contributed by atoms with van der Waals surface area (Å²) in [5.74, 6) is -0.997. The first kappa shape index (κ1) is 11.6. The van der Waals surface area contributed by atoms with E-state index < -0.39 is 5.97 Å². The van der Waals surface area contributed by atoms with Crippen LogP contribution in [-0.2, 0) is 4.79 Å². The molecule has 3 heteroatoms. The smallest absolute Gasteiger partial charge is 0.310 e. The normalized spacial score (nSPS) is 28.8.